The second-order valence-electron chi connectivity index (χ2n) is 5.91. The van der Waals surface area contributed by atoms with Crippen molar-refractivity contribution in [3.05, 3.63) is 81.7 Å². The summed E-state index contributed by atoms with van der Waals surface area (Å²) in [5.41, 5.74) is 0.395. The van der Waals surface area contributed by atoms with E-state index in [0.717, 1.165) is 0 Å². The van der Waals surface area contributed by atoms with Gasteiger partial charge in [0.05, 0.1) is 29.8 Å². The molecule has 0 fully saturated rings. The Kier molecular flexibility index (Phi) is 6.86. The predicted octanol–water partition coefficient (Wildman–Crippen LogP) is 6.08. The molecule has 5 nitrogen and oxygen atoms in total. The van der Waals surface area contributed by atoms with Crippen LogP contribution in [0.1, 0.15) is 21.9 Å². The van der Waals surface area contributed by atoms with Gasteiger partial charge in [0, 0.05) is 0 Å². The number of halogens is 2. The fourth-order valence-corrected chi connectivity index (χ4v) is 3.09. The molecule has 3 rings (SSSR count). The van der Waals surface area contributed by atoms with Crippen molar-refractivity contribution in [3.63, 3.8) is 0 Å². The lowest BCUT2D eigenvalue weighted by Crippen LogP contribution is -1.99. The van der Waals surface area contributed by atoms with Crippen molar-refractivity contribution < 1.29 is 23.4 Å². The summed E-state index contributed by atoms with van der Waals surface area (Å²) < 4.78 is 21.7. The number of allylic oxidation sites excluding steroid dienone is 1. The highest BCUT2D eigenvalue weighted by Crippen LogP contribution is 2.33. The lowest BCUT2D eigenvalue weighted by molar-refractivity contribution is 0.104. The zero-order valence-corrected chi connectivity index (χ0v) is 17.3. The largest absolute Gasteiger partial charge is 0.497 e. The summed E-state index contributed by atoms with van der Waals surface area (Å²) >= 11 is 12.2. The quantitative estimate of drug-likeness (QED) is 0.318. The van der Waals surface area contributed by atoms with Crippen molar-refractivity contribution in [1.82, 2.24) is 0 Å². The van der Waals surface area contributed by atoms with Crippen molar-refractivity contribution in [2.24, 2.45) is 0 Å². The Morgan fingerprint density at radius 1 is 1.03 bits per heavy atom. The Morgan fingerprint density at radius 3 is 2.48 bits per heavy atom. The Bertz CT molecular complexity index is 1020. The number of hydrogen-bond acceptors (Lipinski definition) is 5. The average molecular weight is 433 g/mol. The highest BCUT2D eigenvalue weighted by molar-refractivity contribution is 6.37. The van der Waals surface area contributed by atoms with Crippen molar-refractivity contribution in [1.29, 1.82) is 0 Å². The van der Waals surface area contributed by atoms with Crippen molar-refractivity contribution >= 4 is 35.1 Å². The first kappa shape index (κ1) is 20.8. The monoisotopic (exact) mass is 432 g/mol. The standard InChI is InChI=1S/C22H18Cl2O5/c1-26-15-9-11-21(27-2)17(12-15)20(25)10-8-14-6-7-16(29-14)13-28-22-18(23)4-3-5-19(22)24/h3-12H,13H2,1-2H3/b10-8+. The maximum absolute atomic E-state index is 12.5. The van der Waals surface area contributed by atoms with E-state index in [1.54, 1.807) is 54.6 Å². The molecule has 0 aliphatic carbocycles. The van der Waals surface area contributed by atoms with E-state index in [1.165, 1.54) is 20.3 Å². The Labute approximate surface area is 178 Å². The Hall–Kier alpha value is -2.89. The van der Waals surface area contributed by atoms with E-state index < -0.39 is 0 Å². The maximum atomic E-state index is 12.5. The summed E-state index contributed by atoms with van der Waals surface area (Å²) in [6.45, 7) is 0.148. The van der Waals surface area contributed by atoms with Gasteiger partial charge >= 0.3 is 0 Å². The van der Waals surface area contributed by atoms with E-state index >= 15 is 0 Å². The van der Waals surface area contributed by atoms with Crippen LogP contribution in [0.25, 0.3) is 6.08 Å². The van der Waals surface area contributed by atoms with E-state index in [9.17, 15) is 4.79 Å². The van der Waals surface area contributed by atoms with Crippen LogP contribution in [-0.2, 0) is 6.61 Å². The van der Waals surface area contributed by atoms with Gasteiger partial charge in [0.15, 0.2) is 11.5 Å². The van der Waals surface area contributed by atoms with E-state index in [0.29, 0.717) is 44.4 Å². The van der Waals surface area contributed by atoms with Crippen LogP contribution in [0.2, 0.25) is 10.0 Å². The molecule has 0 amide bonds. The smallest absolute Gasteiger partial charge is 0.189 e. The molecule has 0 spiro atoms. The van der Waals surface area contributed by atoms with Crippen molar-refractivity contribution in [3.8, 4) is 17.2 Å². The molecular weight excluding hydrogens is 415 g/mol. The molecule has 3 aromatic rings. The first-order valence-electron chi connectivity index (χ1n) is 8.61. The number of rotatable bonds is 8. The van der Waals surface area contributed by atoms with Crippen LogP contribution in [0.15, 0.2) is 59.0 Å². The number of furan rings is 1. The third-order valence-electron chi connectivity index (χ3n) is 4.03. The normalized spacial score (nSPS) is 10.9. The average Bonchev–Trinajstić information content (AvgIpc) is 3.19. The molecule has 0 atom stereocenters. The molecule has 150 valence electrons. The van der Waals surface area contributed by atoms with Gasteiger partial charge in [-0.1, -0.05) is 29.3 Å². The third-order valence-corrected chi connectivity index (χ3v) is 4.63. The zero-order chi connectivity index (χ0) is 20.8. The van der Waals surface area contributed by atoms with Crippen LogP contribution in [-0.4, -0.2) is 20.0 Å². The first-order valence-corrected chi connectivity index (χ1v) is 9.37. The number of carbonyl (C=O) groups excluding carboxylic acids is 1. The van der Waals surface area contributed by atoms with Crippen LogP contribution in [0.5, 0.6) is 17.2 Å². The van der Waals surface area contributed by atoms with Crippen LogP contribution >= 0.6 is 23.2 Å². The molecule has 0 radical (unpaired) electrons. The van der Waals surface area contributed by atoms with E-state index in [4.69, 9.17) is 41.8 Å². The van der Waals surface area contributed by atoms with Gasteiger partial charge in [0.1, 0.15) is 29.6 Å². The molecule has 0 bridgehead atoms. The summed E-state index contributed by atoms with van der Waals surface area (Å²) in [6, 6.07) is 13.6. The summed E-state index contributed by atoms with van der Waals surface area (Å²) in [6.07, 6.45) is 2.99. The maximum Gasteiger partial charge on any atom is 0.189 e. The number of methoxy groups -OCH3 is 2. The van der Waals surface area contributed by atoms with Crippen molar-refractivity contribution in [2.75, 3.05) is 14.2 Å². The Balaban J connectivity index is 1.68. The molecule has 1 heterocycles. The summed E-state index contributed by atoms with van der Waals surface area (Å²) in [5, 5.41) is 0.837. The fraction of sp³-hybridized carbons (Fsp3) is 0.136. The molecule has 0 aliphatic rings. The number of hydrogen-bond donors (Lipinski definition) is 0. The van der Waals surface area contributed by atoms with Gasteiger partial charge in [-0.2, -0.15) is 0 Å². The number of ketones is 1. The zero-order valence-electron chi connectivity index (χ0n) is 15.8. The van der Waals surface area contributed by atoms with Crippen LogP contribution in [0.4, 0.5) is 0 Å². The lowest BCUT2D eigenvalue weighted by Gasteiger charge is -2.08. The summed E-state index contributed by atoms with van der Waals surface area (Å²) in [7, 11) is 3.04. The molecule has 0 saturated heterocycles. The van der Waals surface area contributed by atoms with Crippen LogP contribution in [0.3, 0.4) is 0 Å². The van der Waals surface area contributed by atoms with Gasteiger partial charge in [0.2, 0.25) is 0 Å². The van der Waals surface area contributed by atoms with Crippen LogP contribution in [0, 0.1) is 0 Å². The molecule has 29 heavy (non-hydrogen) atoms. The van der Waals surface area contributed by atoms with Gasteiger partial charge in [-0.3, -0.25) is 4.79 Å². The summed E-state index contributed by atoms with van der Waals surface area (Å²) in [5.74, 6) is 2.25. The molecule has 0 aliphatic heterocycles. The molecule has 2 aromatic carbocycles. The second kappa shape index (κ2) is 9.54. The van der Waals surface area contributed by atoms with E-state index in [1.807, 2.05) is 0 Å². The van der Waals surface area contributed by atoms with Gasteiger partial charge in [-0.05, 0) is 54.6 Å². The van der Waals surface area contributed by atoms with E-state index in [2.05, 4.69) is 0 Å². The van der Waals surface area contributed by atoms with Crippen molar-refractivity contribution in [2.45, 2.75) is 6.61 Å². The number of carbonyl (C=O) groups is 1. The third kappa shape index (κ3) is 5.13. The highest BCUT2D eigenvalue weighted by atomic mass is 35.5. The molecule has 0 saturated carbocycles. The second-order valence-corrected chi connectivity index (χ2v) is 6.72. The van der Waals surface area contributed by atoms with Gasteiger partial charge in [-0.25, -0.2) is 0 Å². The van der Waals surface area contributed by atoms with Gasteiger partial charge in [0.25, 0.3) is 0 Å². The lowest BCUT2D eigenvalue weighted by atomic mass is 10.1. The van der Waals surface area contributed by atoms with Gasteiger partial charge < -0.3 is 18.6 Å². The highest BCUT2D eigenvalue weighted by Gasteiger charge is 2.12. The minimum Gasteiger partial charge on any atom is -0.497 e. The fourth-order valence-electron chi connectivity index (χ4n) is 2.58. The van der Waals surface area contributed by atoms with E-state index in [-0.39, 0.29) is 12.4 Å². The molecular formula is C22H18Cl2O5. The topological polar surface area (TPSA) is 57.9 Å². The number of benzene rings is 2. The molecule has 0 unspecified atom stereocenters. The minimum atomic E-state index is -0.238. The molecule has 7 heteroatoms. The van der Waals surface area contributed by atoms with Gasteiger partial charge in [-0.15, -0.1) is 0 Å². The number of ether oxygens (including phenoxy) is 3. The Morgan fingerprint density at radius 2 is 1.79 bits per heavy atom. The minimum absolute atomic E-state index is 0.148. The summed E-state index contributed by atoms with van der Waals surface area (Å²) in [4.78, 5) is 12.5. The molecule has 1 aromatic heterocycles. The predicted molar refractivity (Wildman–Crippen MR) is 112 cm³/mol. The molecule has 0 N–H and O–H groups in total. The van der Waals surface area contributed by atoms with Crippen LogP contribution < -0.4 is 14.2 Å². The first-order chi connectivity index (χ1) is 14.0. The SMILES string of the molecule is COc1ccc(OC)c(C(=O)/C=C/c2ccc(COc3c(Cl)cccc3Cl)o2)c1. The number of para-hydroxylation sites is 1.